The van der Waals surface area contributed by atoms with E-state index in [0.29, 0.717) is 13.1 Å². The number of rotatable bonds is 3. The molecule has 0 N–H and O–H groups in total. The minimum atomic E-state index is -0.443. The third kappa shape index (κ3) is 2.85. The molecule has 0 unspecified atom stereocenters. The Labute approximate surface area is 155 Å². The van der Waals surface area contributed by atoms with Gasteiger partial charge in [0.25, 0.3) is 5.91 Å². The van der Waals surface area contributed by atoms with Crippen LogP contribution >= 0.6 is 0 Å². The molecule has 0 radical (unpaired) electrons. The Morgan fingerprint density at radius 3 is 2.31 bits per heavy atom. The summed E-state index contributed by atoms with van der Waals surface area (Å²) < 4.78 is 12.2. The van der Waals surface area contributed by atoms with E-state index in [-0.39, 0.29) is 17.1 Å². The van der Waals surface area contributed by atoms with Crippen LogP contribution in [0.4, 0.5) is 0 Å². The number of nitrogens with zero attached hydrogens (tertiary/aromatic N) is 1. The number of hydrogen-bond acceptors (Lipinski definition) is 3. The molecule has 2 aliphatic rings. The Morgan fingerprint density at radius 2 is 1.65 bits per heavy atom. The first-order valence-corrected chi connectivity index (χ1v) is 9.08. The van der Waals surface area contributed by atoms with Crippen LogP contribution in [0, 0.1) is 0 Å². The standard InChI is InChI=1S/C21H24BNO3/c1-20(2)21(3,4)26-22(25-20)17-11-10-16-14-23(19(24)18(16)12-17)13-15-8-6-5-7-9-15/h5-12H,13-14H2,1-4H3. The molecule has 5 heteroatoms. The van der Waals surface area contributed by atoms with E-state index < -0.39 is 7.12 Å². The second-order valence-corrected chi connectivity index (χ2v) is 8.15. The van der Waals surface area contributed by atoms with Gasteiger partial charge in [0.2, 0.25) is 0 Å². The van der Waals surface area contributed by atoms with Crippen molar-refractivity contribution in [1.29, 1.82) is 0 Å². The number of hydrogen-bond donors (Lipinski definition) is 0. The van der Waals surface area contributed by atoms with E-state index >= 15 is 0 Å². The predicted molar refractivity (Wildman–Crippen MR) is 102 cm³/mol. The van der Waals surface area contributed by atoms with Crippen molar-refractivity contribution < 1.29 is 14.1 Å². The third-order valence-corrected chi connectivity index (χ3v) is 5.75. The van der Waals surface area contributed by atoms with Crippen LogP contribution in [-0.2, 0) is 22.4 Å². The number of carbonyl (C=O) groups is 1. The fourth-order valence-electron chi connectivity index (χ4n) is 3.44. The molecular weight excluding hydrogens is 325 g/mol. The van der Waals surface area contributed by atoms with E-state index in [9.17, 15) is 4.79 Å². The number of benzene rings is 2. The lowest BCUT2D eigenvalue weighted by Crippen LogP contribution is -2.41. The summed E-state index contributed by atoms with van der Waals surface area (Å²) in [5.74, 6) is 0.0715. The predicted octanol–water partition coefficient (Wildman–Crippen LogP) is 3.14. The quantitative estimate of drug-likeness (QED) is 0.799. The maximum Gasteiger partial charge on any atom is 0.494 e. The average molecular weight is 349 g/mol. The summed E-state index contributed by atoms with van der Waals surface area (Å²) in [7, 11) is -0.443. The molecule has 1 amide bonds. The molecule has 0 saturated carbocycles. The number of amides is 1. The van der Waals surface area contributed by atoms with E-state index in [1.165, 1.54) is 0 Å². The number of fused-ring (bicyclic) bond motifs is 1. The van der Waals surface area contributed by atoms with Gasteiger partial charge in [-0.3, -0.25) is 4.79 Å². The summed E-state index contributed by atoms with van der Waals surface area (Å²) >= 11 is 0. The monoisotopic (exact) mass is 349 g/mol. The van der Waals surface area contributed by atoms with Crippen molar-refractivity contribution in [3.05, 3.63) is 65.2 Å². The van der Waals surface area contributed by atoms with Crippen LogP contribution in [0.25, 0.3) is 0 Å². The Hall–Kier alpha value is -2.11. The summed E-state index contributed by atoms with van der Waals surface area (Å²) in [6.07, 6.45) is 0. The van der Waals surface area contributed by atoms with Crippen LogP contribution in [0.15, 0.2) is 48.5 Å². The highest BCUT2D eigenvalue weighted by atomic mass is 16.7. The normalized spacial score (nSPS) is 20.5. The van der Waals surface area contributed by atoms with Crippen LogP contribution in [0.2, 0.25) is 0 Å². The lowest BCUT2D eigenvalue weighted by molar-refractivity contribution is 0.00578. The zero-order valence-corrected chi connectivity index (χ0v) is 15.8. The SMILES string of the molecule is CC1(C)OB(c2ccc3c(c2)C(=O)N(Cc2ccccc2)C3)OC1(C)C. The highest BCUT2D eigenvalue weighted by Crippen LogP contribution is 2.36. The summed E-state index contributed by atoms with van der Waals surface area (Å²) in [4.78, 5) is 14.8. The molecule has 2 aliphatic heterocycles. The first kappa shape index (κ1) is 17.3. The molecular formula is C21H24BNO3. The minimum absolute atomic E-state index is 0.0715. The lowest BCUT2D eigenvalue weighted by Gasteiger charge is -2.32. The van der Waals surface area contributed by atoms with Crippen molar-refractivity contribution in [1.82, 2.24) is 4.90 Å². The van der Waals surface area contributed by atoms with Gasteiger partial charge in [0, 0.05) is 18.7 Å². The smallest absolute Gasteiger partial charge is 0.399 e. The lowest BCUT2D eigenvalue weighted by atomic mass is 9.78. The highest BCUT2D eigenvalue weighted by Gasteiger charge is 2.51. The van der Waals surface area contributed by atoms with E-state index in [2.05, 4.69) is 0 Å². The molecule has 1 saturated heterocycles. The zero-order valence-electron chi connectivity index (χ0n) is 15.8. The molecule has 0 aromatic heterocycles. The Balaban J connectivity index is 1.56. The third-order valence-electron chi connectivity index (χ3n) is 5.75. The maximum atomic E-state index is 12.9. The number of carbonyl (C=O) groups excluding carboxylic acids is 1. The maximum absolute atomic E-state index is 12.9. The van der Waals surface area contributed by atoms with Crippen molar-refractivity contribution in [2.24, 2.45) is 0 Å². The fraction of sp³-hybridized carbons (Fsp3) is 0.381. The van der Waals surface area contributed by atoms with Gasteiger partial charge in [0.05, 0.1) is 11.2 Å². The van der Waals surface area contributed by atoms with Gasteiger partial charge in [0.15, 0.2) is 0 Å². The Bertz CT molecular complexity index is 832. The largest absolute Gasteiger partial charge is 0.494 e. The molecule has 2 aromatic carbocycles. The first-order chi connectivity index (χ1) is 12.3. The minimum Gasteiger partial charge on any atom is -0.399 e. The zero-order chi connectivity index (χ0) is 18.5. The van der Waals surface area contributed by atoms with E-state index in [4.69, 9.17) is 9.31 Å². The van der Waals surface area contributed by atoms with Crippen molar-refractivity contribution in [3.63, 3.8) is 0 Å². The van der Waals surface area contributed by atoms with Crippen molar-refractivity contribution in [3.8, 4) is 0 Å². The average Bonchev–Trinajstić information content (AvgIpc) is 3.01. The van der Waals surface area contributed by atoms with Crippen LogP contribution in [0.5, 0.6) is 0 Å². The van der Waals surface area contributed by atoms with Gasteiger partial charge in [-0.2, -0.15) is 0 Å². The Kier molecular flexibility index (Phi) is 3.97. The van der Waals surface area contributed by atoms with Gasteiger partial charge >= 0.3 is 7.12 Å². The van der Waals surface area contributed by atoms with Crippen LogP contribution in [0.3, 0.4) is 0 Å². The molecule has 0 aliphatic carbocycles. The van der Waals surface area contributed by atoms with E-state index in [1.807, 2.05) is 81.1 Å². The summed E-state index contributed by atoms with van der Waals surface area (Å²) in [5.41, 5.74) is 3.08. The van der Waals surface area contributed by atoms with Crippen molar-refractivity contribution in [2.75, 3.05) is 0 Å². The topological polar surface area (TPSA) is 38.8 Å². The van der Waals surface area contributed by atoms with Crippen molar-refractivity contribution >= 4 is 18.5 Å². The van der Waals surface area contributed by atoms with Crippen LogP contribution in [-0.4, -0.2) is 29.1 Å². The molecule has 134 valence electrons. The molecule has 1 fully saturated rings. The molecule has 2 aromatic rings. The molecule has 0 atom stereocenters. The fourth-order valence-corrected chi connectivity index (χ4v) is 3.44. The van der Waals surface area contributed by atoms with Gasteiger partial charge in [-0.1, -0.05) is 42.5 Å². The van der Waals surface area contributed by atoms with Crippen LogP contribution < -0.4 is 5.46 Å². The second-order valence-electron chi connectivity index (χ2n) is 8.15. The van der Waals surface area contributed by atoms with E-state index in [0.717, 1.165) is 22.2 Å². The highest BCUT2D eigenvalue weighted by molar-refractivity contribution is 6.62. The summed E-state index contributed by atoms with van der Waals surface area (Å²) in [5, 5.41) is 0. The molecule has 2 heterocycles. The molecule has 4 nitrogen and oxygen atoms in total. The van der Waals surface area contributed by atoms with Gasteiger partial charge < -0.3 is 14.2 Å². The first-order valence-electron chi connectivity index (χ1n) is 9.08. The molecule has 0 bridgehead atoms. The molecule has 4 rings (SSSR count). The summed E-state index contributed by atoms with van der Waals surface area (Å²) in [6.45, 7) is 9.41. The van der Waals surface area contributed by atoms with Gasteiger partial charge in [0.1, 0.15) is 0 Å². The van der Waals surface area contributed by atoms with Crippen molar-refractivity contribution in [2.45, 2.75) is 52.0 Å². The molecule has 0 spiro atoms. The van der Waals surface area contributed by atoms with E-state index in [1.54, 1.807) is 0 Å². The van der Waals surface area contributed by atoms with Gasteiger partial charge in [-0.15, -0.1) is 0 Å². The van der Waals surface area contributed by atoms with Gasteiger partial charge in [-0.05, 0) is 50.4 Å². The summed E-state index contributed by atoms with van der Waals surface area (Å²) in [6, 6.07) is 16.1. The Morgan fingerprint density at radius 1 is 1.00 bits per heavy atom. The second kappa shape index (κ2) is 5.97. The van der Waals surface area contributed by atoms with Gasteiger partial charge in [-0.25, -0.2) is 0 Å². The molecule has 26 heavy (non-hydrogen) atoms. The van der Waals surface area contributed by atoms with Crippen LogP contribution in [0.1, 0.15) is 49.2 Å².